The summed E-state index contributed by atoms with van der Waals surface area (Å²) < 4.78 is 0. The van der Waals surface area contributed by atoms with Gasteiger partial charge in [-0.2, -0.15) is 0 Å². The van der Waals surface area contributed by atoms with Gasteiger partial charge in [-0.1, -0.05) is 0 Å². The van der Waals surface area contributed by atoms with E-state index < -0.39 is 0 Å². The van der Waals surface area contributed by atoms with Crippen molar-refractivity contribution in [3.63, 3.8) is 0 Å². The summed E-state index contributed by atoms with van der Waals surface area (Å²) in [5, 5.41) is 3.50. The molecule has 1 atom stereocenters. The number of nitrogens with zero attached hydrogens (tertiary/aromatic N) is 2. The van der Waals surface area contributed by atoms with Crippen molar-refractivity contribution in [2.75, 3.05) is 33.7 Å². The molecule has 3 nitrogen and oxygen atoms in total. The lowest BCUT2D eigenvalue weighted by molar-refractivity contribution is 0.390. The Bertz CT molecular complexity index is 154. The molecule has 0 saturated carbocycles. The van der Waals surface area contributed by atoms with Crippen LogP contribution in [0.2, 0.25) is 0 Å². The molecular weight excluding hydrogens is 162 g/mol. The van der Waals surface area contributed by atoms with Crippen molar-refractivity contribution in [1.82, 2.24) is 10.2 Å². The van der Waals surface area contributed by atoms with E-state index in [1.165, 1.54) is 19.3 Å². The minimum Gasteiger partial charge on any atom is -0.309 e. The molecule has 0 amide bonds. The zero-order chi connectivity index (χ0) is 9.52. The van der Waals surface area contributed by atoms with Gasteiger partial charge >= 0.3 is 0 Å². The van der Waals surface area contributed by atoms with Gasteiger partial charge in [0.05, 0.1) is 0 Å². The van der Waals surface area contributed by atoms with Crippen LogP contribution in [0.3, 0.4) is 0 Å². The highest BCUT2D eigenvalue weighted by Crippen LogP contribution is 2.01. The van der Waals surface area contributed by atoms with Crippen LogP contribution >= 0.6 is 0 Å². The molecule has 1 rings (SSSR count). The van der Waals surface area contributed by atoms with Crippen LogP contribution in [0.5, 0.6) is 0 Å². The molecule has 0 fully saturated rings. The predicted octanol–water partition coefficient (Wildman–Crippen LogP) is 0.761. The van der Waals surface area contributed by atoms with Crippen LogP contribution in [0.25, 0.3) is 0 Å². The normalized spacial score (nSPS) is 22.5. The monoisotopic (exact) mass is 183 g/mol. The van der Waals surface area contributed by atoms with Gasteiger partial charge < -0.3 is 10.2 Å². The van der Waals surface area contributed by atoms with Crippen molar-refractivity contribution in [3.8, 4) is 0 Å². The van der Waals surface area contributed by atoms with E-state index in [1.54, 1.807) is 0 Å². The molecule has 0 aromatic carbocycles. The van der Waals surface area contributed by atoms with Gasteiger partial charge in [0, 0.05) is 18.8 Å². The Morgan fingerprint density at radius 3 is 3.00 bits per heavy atom. The molecule has 1 aliphatic rings. The summed E-state index contributed by atoms with van der Waals surface area (Å²) >= 11 is 0. The molecular formula is C10H21N3. The van der Waals surface area contributed by atoms with Crippen LogP contribution in [-0.2, 0) is 0 Å². The summed E-state index contributed by atoms with van der Waals surface area (Å²) in [6.45, 7) is 3.29. The maximum Gasteiger partial charge on any atom is 0.0420 e. The lowest BCUT2D eigenvalue weighted by atomic mass is 10.1. The quantitative estimate of drug-likeness (QED) is 0.637. The second-order valence-electron chi connectivity index (χ2n) is 3.91. The number of aliphatic imine (C=N–C) groups is 1. The Hall–Kier alpha value is -0.410. The predicted molar refractivity (Wildman–Crippen MR) is 57.6 cm³/mol. The van der Waals surface area contributed by atoms with E-state index in [0.717, 1.165) is 19.6 Å². The zero-order valence-corrected chi connectivity index (χ0v) is 8.79. The van der Waals surface area contributed by atoms with Crippen LogP contribution in [0, 0.1) is 0 Å². The Balaban J connectivity index is 1.98. The maximum atomic E-state index is 4.27. The molecule has 0 spiro atoms. The molecule has 0 aromatic rings. The van der Waals surface area contributed by atoms with Crippen molar-refractivity contribution in [1.29, 1.82) is 0 Å². The van der Waals surface area contributed by atoms with E-state index in [4.69, 9.17) is 0 Å². The molecule has 0 radical (unpaired) electrons. The Morgan fingerprint density at radius 1 is 1.54 bits per heavy atom. The number of hydrogen-bond acceptors (Lipinski definition) is 3. The van der Waals surface area contributed by atoms with Gasteiger partial charge in [-0.25, -0.2) is 0 Å². The first-order valence-electron chi connectivity index (χ1n) is 5.17. The second kappa shape index (κ2) is 6.11. The van der Waals surface area contributed by atoms with Crippen LogP contribution < -0.4 is 5.32 Å². The fourth-order valence-corrected chi connectivity index (χ4v) is 1.52. The molecule has 0 bridgehead atoms. The molecule has 76 valence electrons. The highest BCUT2D eigenvalue weighted by molar-refractivity contribution is 5.65. The molecule has 1 unspecified atom stereocenters. The van der Waals surface area contributed by atoms with E-state index in [1.807, 2.05) is 0 Å². The molecule has 0 aliphatic carbocycles. The lowest BCUT2D eigenvalue weighted by Crippen LogP contribution is -2.34. The average Bonchev–Trinajstić information content (AvgIpc) is 2.14. The van der Waals surface area contributed by atoms with Gasteiger partial charge in [-0.05, 0) is 46.4 Å². The van der Waals surface area contributed by atoms with Gasteiger partial charge in [0.15, 0.2) is 0 Å². The van der Waals surface area contributed by atoms with Gasteiger partial charge in [0.2, 0.25) is 0 Å². The standard InChI is InChI=1S/C10H21N3/c1-13(2)8-4-7-12-10-5-3-6-11-9-10/h9-10,12H,3-8H2,1-2H3. The molecule has 0 saturated heterocycles. The van der Waals surface area contributed by atoms with Crippen molar-refractivity contribution < 1.29 is 0 Å². The fraction of sp³-hybridized carbons (Fsp3) is 0.900. The second-order valence-corrected chi connectivity index (χ2v) is 3.91. The highest BCUT2D eigenvalue weighted by Gasteiger charge is 2.07. The molecule has 3 heteroatoms. The highest BCUT2D eigenvalue weighted by atomic mass is 15.1. The number of rotatable bonds is 5. The summed E-state index contributed by atoms with van der Waals surface area (Å²) in [6, 6.07) is 0.538. The minimum atomic E-state index is 0.538. The molecule has 1 heterocycles. The number of hydrogen-bond donors (Lipinski definition) is 1. The molecule has 13 heavy (non-hydrogen) atoms. The summed E-state index contributed by atoms with van der Waals surface area (Å²) in [5.41, 5.74) is 0. The van der Waals surface area contributed by atoms with E-state index in [9.17, 15) is 0 Å². The first-order valence-corrected chi connectivity index (χ1v) is 5.17. The van der Waals surface area contributed by atoms with Gasteiger partial charge in [-0.15, -0.1) is 0 Å². The van der Waals surface area contributed by atoms with Gasteiger partial charge in [0.1, 0.15) is 0 Å². The van der Waals surface area contributed by atoms with E-state index in [2.05, 4.69) is 35.5 Å². The van der Waals surface area contributed by atoms with Crippen LogP contribution in [0.15, 0.2) is 4.99 Å². The topological polar surface area (TPSA) is 27.6 Å². The van der Waals surface area contributed by atoms with Crippen LogP contribution in [0.4, 0.5) is 0 Å². The zero-order valence-electron chi connectivity index (χ0n) is 8.79. The smallest absolute Gasteiger partial charge is 0.0420 e. The van der Waals surface area contributed by atoms with Crippen molar-refractivity contribution >= 4 is 6.21 Å². The summed E-state index contributed by atoms with van der Waals surface area (Å²) in [6.07, 6.45) is 5.78. The SMILES string of the molecule is CN(C)CCCNC1C=NCCC1. The van der Waals surface area contributed by atoms with Crippen molar-refractivity contribution in [3.05, 3.63) is 0 Å². The first-order chi connectivity index (χ1) is 6.29. The summed E-state index contributed by atoms with van der Waals surface area (Å²) in [5.74, 6) is 0. The van der Waals surface area contributed by atoms with Crippen molar-refractivity contribution in [2.24, 2.45) is 4.99 Å². The third-order valence-corrected chi connectivity index (χ3v) is 2.28. The fourth-order valence-electron chi connectivity index (χ4n) is 1.52. The lowest BCUT2D eigenvalue weighted by Gasteiger charge is -2.17. The Labute approximate surface area is 81.2 Å². The Kier molecular flexibility index (Phi) is 5.01. The summed E-state index contributed by atoms with van der Waals surface area (Å²) in [4.78, 5) is 6.49. The van der Waals surface area contributed by atoms with Crippen LogP contribution in [0.1, 0.15) is 19.3 Å². The molecule has 0 aromatic heterocycles. The molecule has 1 aliphatic heterocycles. The van der Waals surface area contributed by atoms with Crippen LogP contribution in [-0.4, -0.2) is 50.9 Å². The largest absolute Gasteiger partial charge is 0.309 e. The summed E-state index contributed by atoms with van der Waals surface area (Å²) in [7, 11) is 4.23. The average molecular weight is 183 g/mol. The maximum absolute atomic E-state index is 4.27. The van der Waals surface area contributed by atoms with E-state index in [-0.39, 0.29) is 0 Å². The first kappa shape index (κ1) is 10.7. The van der Waals surface area contributed by atoms with E-state index >= 15 is 0 Å². The van der Waals surface area contributed by atoms with Gasteiger partial charge in [-0.3, -0.25) is 4.99 Å². The third-order valence-electron chi connectivity index (χ3n) is 2.28. The third kappa shape index (κ3) is 5.01. The minimum absolute atomic E-state index is 0.538. The molecule has 1 N–H and O–H groups in total. The van der Waals surface area contributed by atoms with Crippen molar-refractivity contribution in [2.45, 2.75) is 25.3 Å². The van der Waals surface area contributed by atoms with E-state index in [0.29, 0.717) is 6.04 Å². The number of nitrogens with one attached hydrogen (secondary N) is 1. The Morgan fingerprint density at radius 2 is 2.38 bits per heavy atom. The van der Waals surface area contributed by atoms with Gasteiger partial charge in [0.25, 0.3) is 0 Å².